The minimum atomic E-state index is -3.10. The van der Waals surface area contributed by atoms with Gasteiger partial charge in [0.2, 0.25) is 5.91 Å². The number of hydrogen-bond donors (Lipinski definition) is 2. The summed E-state index contributed by atoms with van der Waals surface area (Å²) in [4.78, 5) is 29.1. The Morgan fingerprint density at radius 2 is 2.16 bits per heavy atom. The number of alkyl halides is 2. The maximum Gasteiger partial charge on any atom is 0.322 e. The van der Waals surface area contributed by atoms with Crippen molar-refractivity contribution < 1.29 is 22.8 Å². The molecule has 0 saturated carbocycles. The van der Waals surface area contributed by atoms with Crippen LogP contribution in [0.1, 0.15) is 36.7 Å². The second-order valence-corrected chi connectivity index (χ2v) is 8.82. The van der Waals surface area contributed by atoms with Gasteiger partial charge in [0, 0.05) is 51.2 Å². The molecule has 12 heteroatoms. The van der Waals surface area contributed by atoms with Crippen LogP contribution < -0.4 is 10.6 Å². The van der Waals surface area contributed by atoms with Crippen LogP contribution in [0.4, 0.5) is 23.7 Å². The fourth-order valence-corrected chi connectivity index (χ4v) is 4.48. The van der Waals surface area contributed by atoms with Crippen molar-refractivity contribution in [1.29, 1.82) is 0 Å². The first-order chi connectivity index (χ1) is 15.2. The summed E-state index contributed by atoms with van der Waals surface area (Å²) in [6.45, 7) is 2.18. The monoisotopic (exact) mass is 514 g/mol. The van der Waals surface area contributed by atoms with Crippen LogP contribution in [-0.4, -0.2) is 44.7 Å². The summed E-state index contributed by atoms with van der Waals surface area (Å²) in [5, 5.41) is 9.59. The van der Waals surface area contributed by atoms with Gasteiger partial charge in [0.25, 0.3) is 5.92 Å². The zero-order chi connectivity index (χ0) is 23.0. The second-order valence-electron chi connectivity index (χ2n) is 8.07. The number of halogens is 4. The predicted octanol–water partition coefficient (Wildman–Crippen LogP) is 3.41. The summed E-state index contributed by atoms with van der Waals surface area (Å²) >= 11 is 2.96. The normalized spacial score (nSPS) is 19.5. The maximum atomic E-state index is 15.1. The molecule has 0 aromatic carbocycles. The van der Waals surface area contributed by atoms with Crippen LogP contribution in [0.2, 0.25) is 0 Å². The number of hydrogen-bond acceptors (Lipinski definition) is 4. The van der Waals surface area contributed by atoms with E-state index in [2.05, 4.69) is 36.6 Å². The van der Waals surface area contributed by atoms with E-state index in [9.17, 15) is 14.0 Å². The van der Waals surface area contributed by atoms with Crippen LogP contribution in [0, 0.1) is 11.7 Å². The molecule has 4 rings (SSSR count). The van der Waals surface area contributed by atoms with Gasteiger partial charge < -0.3 is 15.5 Å². The number of carbonyl (C=O) groups excluding carboxylic acids is 2. The smallest absolute Gasteiger partial charge is 0.322 e. The molecule has 32 heavy (non-hydrogen) atoms. The van der Waals surface area contributed by atoms with E-state index in [1.165, 1.54) is 28.8 Å². The summed E-state index contributed by atoms with van der Waals surface area (Å²) in [6.07, 6.45) is 1.54. The molecule has 4 heterocycles. The zero-order valence-electron chi connectivity index (χ0n) is 17.3. The minimum Gasteiger partial charge on any atom is -0.356 e. The topological polar surface area (TPSA) is 92.2 Å². The van der Waals surface area contributed by atoms with Crippen molar-refractivity contribution in [2.75, 3.05) is 18.4 Å². The maximum absolute atomic E-state index is 15.1. The van der Waals surface area contributed by atoms with E-state index in [-0.39, 0.29) is 60.3 Å². The summed E-state index contributed by atoms with van der Waals surface area (Å²) in [6, 6.07) is 0.732. The summed E-state index contributed by atoms with van der Waals surface area (Å²) in [5.41, 5.74) is 0.658. The highest BCUT2D eigenvalue weighted by Crippen LogP contribution is 2.41. The average Bonchev–Trinajstić information content (AvgIpc) is 3.05. The molecule has 2 aliphatic heterocycles. The molecular formula is C20H22BrF3N6O2. The Kier molecular flexibility index (Phi) is 6.15. The highest BCUT2D eigenvalue weighted by atomic mass is 79.9. The molecule has 0 fully saturated rings. The van der Waals surface area contributed by atoms with Crippen molar-refractivity contribution in [3.63, 3.8) is 0 Å². The molecular weight excluding hydrogens is 493 g/mol. The third-order valence-corrected chi connectivity index (χ3v) is 6.31. The number of carbonyl (C=O) groups is 2. The van der Waals surface area contributed by atoms with Crippen molar-refractivity contribution in [2.45, 2.75) is 45.2 Å². The molecule has 2 N–H and O–H groups in total. The molecule has 172 valence electrons. The third-order valence-electron chi connectivity index (χ3n) is 5.76. The number of rotatable bonds is 3. The van der Waals surface area contributed by atoms with E-state index in [4.69, 9.17) is 0 Å². The van der Waals surface area contributed by atoms with Crippen LogP contribution in [0.5, 0.6) is 0 Å². The number of urea groups is 1. The van der Waals surface area contributed by atoms with E-state index < -0.39 is 17.8 Å². The van der Waals surface area contributed by atoms with Gasteiger partial charge in [0.05, 0.1) is 17.9 Å². The quantitative estimate of drug-likeness (QED) is 0.614. The standard InChI is InChI=1S/C20H22BrF3N6O2/c1-11(31)26-8-12-2-5-20(23,24)17-13-10-29(7-4-14(13)28-30(17)9-12)19(32)27-15-3-6-25-18(21)16(15)22/h3,6,12H,2,4-5,7-10H2,1H3,(H,26,31)(H,25,27,32). The molecule has 1 unspecified atom stereocenters. The number of nitrogens with one attached hydrogen (secondary N) is 2. The molecule has 8 nitrogen and oxygen atoms in total. The number of aromatic nitrogens is 3. The number of pyridine rings is 1. The van der Waals surface area contributed by atoms with E-state index >= 15 is 8.78 Å². The van der Waals surface area contributed by atoms with Crippen molar-refractivity contribution in [3.8, 4) is 0 Å². The van der Waals surface area contributed by atoms with Gasteiger partial charge in [0.1, 0.15) is 10.3 Å². The van der Waals surface area contributed by atoms with Gasteiger partial charge in [-0.05, 0) is 34.3 Å². The van der Waals surface area contributed by atoms with Crippen molar-refractivity contribution in [3.05, 3.63) is 39.6 Å². The van der Waals surface area contributed by atoms with E-state index in [1.807, 2.05) is 0 Å². The molecule has 0 aliphatic carbocycles. The first-order valence-corrected chi connectivity index (χ1v) is 11.0. The largest absolute Gasteiger partial charge is 0.356 e. The first kappa shape index (κ1) is 22.6. The number of fused-ring (bicyclic) bond motifs is 3. The Hall–Kier alpha value is -2.63. The molecule has 0 spiro atoms. The molecule has 0 bridgehead atoms. The van der Waals surface area contributed by atoms with Crippen LogP contribution in [0.15, 0.2) is 16.9 Å². The molecule has 2 aromatic rings. The van der Waals surface area contributed by atoms with Gasteiger partial charge in [-0.1, -0.05) is 0 Å². The summed E-state index contributed by atoms with van der Waals surface area (Å²) in [7, 11) is 0. The van der Waals surface area contributed by atoms with Crippen LogP contribution in [0.3, 0.4) is 0 Å². The molecule has 0 saturated heterocycles. The van der Waals surface area contributed by atoms with Gasteiger partial charge >= 0.3 is 6.03 Å². The Labute approximate surface area is 190 Å². The molecule has 3 amide bonds. The fraction of sp³-hybridized carbons (Fsp3) is 0.500. The van der Waals surface area contributed by atoms with Gasteiger partial charge in [0.15, 0.2) is 5.82 Å². The number of anilines is 1. The Morgan fingerprint density at radius 1 is 1.38 bits per heavy atom. The van der Waals surface area contributed by atoms with Gasteiger partial charge in [-0.3, -0.25) is 9.48 Å². The molecule has 2 aliphatic rings. The Bertz CT molecular complexity index is 1060. The summed E-state index contributed by atoms with van der Waals surface area (Å²) < 4.78 is 45.6. The van der Waals surface area contributed by atoms with Gasteiger partial charge in [-0.25, -0.2) is 14.2 Å². The lowest BCUT2D eigenvalue weighted by atomic mass is 9.98. The lowest BCUT2D eigenvalue weighted by Gasteiger charge is -2.28. The molecule has 1 atom stereocenters. The highest BCUT2D eigenvalue weighted by molar-refractivity contribution is 9.10. The van der Waals surface area contributed by atoms with Crippen LogP contribution in [0.25, 0.3) is 0 Å². The van der Waals surface area contributed by atoms with E-state index in [0.29, 0.717) is 24.2 Å². The molecule has 0 radical (unpaired) electrons. The Morgan fingerprint density at radius 3 is 2.91 bits per heavy atom. The van der Waals surface area contributed by atoms with E-state index in [1.54, 1.807) is 0 Å². The molecule has 2 aromatic heterocycles. The lowest BCUT2D eigenvalue weighted by molar-refractivity contribution is -0.119. The fourth-order valence-electron chi connectivity index (χ4n) is 4.14. The number of amides is 3. The van der Waals surface area contributed by atoms with Gasteiger partial charge in [-0.15, -0.1) is 0 Å². The minimum absolute atomic E-state index is 0.0355. The highest BCUT2D eigenvalue weighted by Gasteiger charge is 2.43. The van der Waals surface area contributed by atoms with Crippen LogP contribution >= 0.6 is 15.9 Å². The lowest BCUT2D eigenvalue weighted by Crippen LogP contribution is -2.39. The predicted molar refractivity (Wildman–Crippen MR) is 113 cm³/mol. The van der Waals surface area contributed by atoms with Crippen LogP contribution in [-0.2, 0) is 30.2 Å². The van der Waals surface area contributed by atoms with Gasteiger partial charge in [-0.2, -0.15) is 13.9 Å². The van der Waals surface area contributed by atoms with Crippen molar-refractivity contribution in [2.24, 2.45) is 5.92 Å². The SMILES string of the molecule is CC(=O)NCC1CCC(F)(F)c2c3c(nn2C1)CCN(C(=O)Nc1ccnc(Br)c1F)C3. The third kappa shape index (κ3) is 4.45. The second kappa shape index (κ2) is 8.72. The van der Waals surface area contributed by atoms with E-state index in [0.717, 1.165) is 0 Å². The Balaban J connectivity index is 1.55. The zero-order valence-corrected chi connectivity index (χ0v) is 18.9. The first-order valence-electron chi connectivity index (χ1n) is 10.2. The average molecular weight is 515 g/mol. The van der Waals surface area contributed by atoms with Crippen molar-refractivity contribution in [1.82, 2.24) is 25.0 Å². The number of nitrogens with zero attached hydrogens (tertiary/aromatic N) is 4. The summed E-state index contributed by atoms with van der Waals surface area (Å²) in [5.74, 6) is -4.19. The van der Waals surface area contributed by atoms with Crippen molar-refractivity contribution >= 4 is 33.6 Å².